The minimum atomic E-state index is -1.63. The second-order valence-corrected chi connectivity index (χ2v) is 8.36. The van der Waals surface area contributed by atoms with Crippen LogP contribution in [0.1, 0.15) is 46.0 Å². The third-order valence-corrected chi connectivity index (χ3v) is 4.97. The predicted molar refractivity (Wildman–Crippen MR) is 112 cm³/mol. The van der Waals surface area contributed by atoms with E-state index >= 15 is 0 Å². The first-order valence-corrected chi connectivity index (χ1v) is 10.5. The van der Waals surface area contributed by atoms with Crippen LogP contribution in [0.2, 0.25) is 0 Å². The lowest BCUT2D eigenvalue weighted by atomic mass is 10.0. The average molecular weight is 472 g/mol. The predicted octanol–water partition coefficient (Wildman–Crippen LogP) is -1.73. The van der Waals surface area contributed by atoms with Crippen molar-refractivity contribution in [2.75, 3.05) is 13.6 Å². The fraction of sp³-hybridized carbons (Fsp3) is 0.700. The van der Waals surface area contributed by atoms with Gasteiger partial charge in [0.1, 0.15) is 18.1 Å². The zero-order valence-corrected chi connectivity index (χ0v) is 18.9. The summed E-state index contributed by atoms with van der Waals surface area (Å²) >= 11 is 0. The maximum absolute atomic E-state index is 12.7. The van der Waals surface area contributed by atoms with Gasteiger partial charge in [0, 0.05) is 19.4 Å². The van der Waals surface area contributed by atoms with Gasteiger partial charge in [-0.25, -0.2) is 19.2 Å². The van der Waals surface area contributed by atoms with E-state index in [2.05, 4.69) is 5.32 Å². The van der Waals surface area contributed by atoms with Gasteiger partial charge in [0.05, 0.1) is 0 Å². The Hall–Kier alpha value is -3.06. The van der Waals surface area contributed by atoms with Crippen LogP contribution < -0.4 is 16.8 Å². The highest BCUT2D eigenvalue weighted by molar-refractivity contribution is 5.91. The molecule has 2 amide bonds. The van der Waals surface area contributed by atoms with Crippen molar-refractivity contribution in [3.63, 3.8) is 0 Å². The van der Waals surface area contributed by atoms with E-state index in [1.54, 1.807) is 0 Å². The summed E-state index contributed by atoms with van der Waals surface area (Å²) in [4.78, 5) is 72.0. The number of ether oxygens (including phenoxy) is 2. The molecular weight excluding hydrogens is 440 g/mol. The summed E-state index contributed by atoms with van der Waals surface area (Å²) < 4.78 is 9.89. The number of nitrogens with two attached hydrogens (primary N) is 2. The Bertz CT molecular complexity index is 771. The smallest absolute Gasteiger partial charge is 0.346 e. The second-order valence-electron chi connectivity index (χ2n) is 8.36. The van der Waals surface area contributed by atoms with E-state index in [4.69, 9.17) is 20.9 Å². The molecule has 0 aromatic rings. The number of primary amides is 1. The standard InChI is InChI=1S/C20H32N4O9/c1-10(2)8-13(20(31)33-18(29)11(21)4-6-15(22)25)24(3)9-14(17(27)28)32-19(30)12-5-7-16(26)23-12/h10-14H,4-9,21H2,1-3H3,(H2,22,25)(H,23,26)(H,27,28)/t11-,12-,13+,14?/m0/s1. The highest BCUT2D eigenvalue weighted by Crippen LogP contribution is 2.15. The molecule has 0 aromatic heterocycles. The quantitative estimate of drug-likeness (QED) is 0.175. The van der Waals surface area contributed by atoms with E-state index in [0.29, 0.717) is 0 Å². The van der Waals surface area contributed by atoms with Crippen LogP contribution in [0.15, 0.2) is 0 Å². The maximum atomic E-state index is 12.7. The number of carboxylic acids is 1. The molecule has 0 radical (unpaired) electrons. The Labute approximate surface area is 191 Å². The van der Waals surface area contributed by atoms with Crippen LogP contribution in [-0.2, 0) is 38.2 Å². The molecule has 1 rings (SSSR count). The minimum Gasteiger partial charge on any atom is -0.478 e. The number of nitrogens with zero attached hydrogens (tertiary/aromatic N) is 1. The number of esters is 3. The Morgan fingerprint density at radius 1 is 1.21 bits per heavy atom. The number of aliphatic carboxylic acids is 1. The molecule has 33 heavy (non-hydrogen) atoms. The van der Waals surface area contributed by atoms with Crippen molar-refractivity contribution < 1.29 is 43.3 Å². The number of carboxylic acid groups (broad SMARTS) is 1. The Morgan fingerprint density at radius 2 is 1.85 bits per heavy atom. The number of amides is 2. The number of hydrogen-bond donors (Lipinski definition) is 4. The second kappa shape index (κ2) is 12.8. The van der Waals surface area contributed by atoms with Crippen LogP contribution >= 0.6 is 0 Å². The summed E-state index contributed by atoms with van der Waals surface area (Å²) in [6, 6.07) is -3.20. The molecule has 13 heteroatoms. The van der Waals surface area contributed by atoms with Gasteiger partial charge in [0.25, 0.3) is 0 Å². The van der Waals surface area contributed by atoms with Crippen molar-refractivity contribution in [2.45, 2.75) is 70.2 Å². The van der Waals surface area contributed by atoms with E-state index < -0.39 is 54.0 Å². The summed E-state index contributed by atoms with van der Waals surface area (Å²) in [5.41, 5.74) is 10.6. The molecule has 1 unspecified atom stereocenters. The van der Waals surface area contributed by atoms with Crippen LogP contribution in [0.25, 0.3) is 0 Å². The molecular formula is C20H32N4O9. The summed E-state index contributed by atoms with van der Waals surface area (Å²) in [6.45, 7) is 3.24. The minimum absolute atomic E-state index is 0.0387. The zero-order valence-electron chi connectivity index (χ0n) is 18.9. The molecule has 6 N–H and O–H groups in total. The maximum Gasteiger partial charge on any atom is 0.346 e. The van der Waals surface area contributed by atoms with Gasteiger partial charge in [0.15, 0.2) is 0 Å². The fourth-order valence-electron chi connectivity index (χ4n) is 3.13. The summed E-state index contributed by atoms with van der Waals surface area (Å²) in [6.07, 6.45) is -1.35. The highest BCUT2D eigenvalue weighted by atomic mass is 16.6. The number of hydrogen-bond acceptors (Lipinski definition) is 10. The molecule has 1 aliphatic rings. The monoisotopic (exact) mass is 472 g/mol. The van der Waals surface area contributed by atoms with Crippen molar-refractivity contribution in [1.82, 2.24) is 10.2 Å². The summed E-state index contributed by atoms with van der Waals surface area (Å²) in [5.74, 6) is -5.36. The van der Waals surface area contributed by atoms with E-state index in [9.17, 15) is 33.9 Å². The van der Waals surface area contributed by atoms with Crippen molar-refractivity contribution >= 4 is 35.7 Å². The first-order chi connectivity index (χ1) is 15.3. The first-order valence-electron chi connectivity index (χ1n) is 10.5. The fourth-order valence-corrected chi connectivity index (χ4v) is 3.13. The number of carbonyl (C=O) groups excluding carboxylic acids is 5. The van der Waals surface area contributed by atoms with E-state index in [0.717, 1.165) is 0 Å². The van der Waals surface area contributed by atoms with Crippen LogP contribution in [0.5, 0.6) is 0 Å². The number of likely N-dealkylation sites (N-methyl/N-ethyl adjacent to an activating group) is 1. The van der Waals surface area contributed by atoms with Crippen LogP contribution in [-0.4, -0.2) is 83.5 Å². The number of rotatable bonds is 13. The van der Waals surface area contributed by atoms with Gasteiger partial charge < -0.3 is 31.4 Å². The van der Waals surface area contributed by atoms with Gasteiger partial charge in [-0.3, -0.25) is 14.5 Å². The van der Waals surface area contributed by atoms with Crippen LogP contribution in [0, 0.1) is 5.92 Å². The molecule has 4 atom stereocenters. The third-order valence-electron chi connectivity index (χ3n) is 4.97. The average Bonchev–Trinajstić information content (AvgIpc) is 3.15. The van der Waals surface area contributed by atoms with E-state index in [1.165, 1.54) is 11.9 Å². The number of nitrogens with one attached hydrogen (secondary N) is 1. The largest absolute Gasteiger partial charge is 0.478 e. The van der Waals surface area contributed by atoms with E-state index in [-0.39, 0.29) is 50.5 Å². The lowest BCUT2D eigenvalue weighted by molar-refractivity contribution is -0.169. The molecule has 1 fully saturated rings. The Balaban J connectivity index is 2.82. The molecule has 186 valence electrons. The molecule has 0 saturated carbocycles. The molecule has 1 heterocycles. The normalized spacial score (nSPS) is 18.4. The lowest BCUT2D eigenvalue weighted by Gasteiger charge is -2.29. The lowest BCUT2D eigenvalue weighted by Crippen LogP contribution is -2.49. The SMILES string of the molecule is CC(C)C[C@H](C(=O)OC(=O)[C@@H](N)CCC(N)=O)N(C)CC(OC(=O)[C@@H]1CCC(=O)N1)C(=O)O. The molecule has 0 spiro atoms. The van der Waals surface area contributed by atoms with Crippen molar-refractivity contribution in [3.8, 4) is 0 Å². The third kappa shape index (κ3) is 9.53. The summed E-state index contributed by atoms with van der Waals surface area (Å²) in [7, 11) is 1.42. The Morgan fingerprint density at radius 3 is 2.33 bits per heavy atom. The molecule has 1 saturated heterocycles. The number of carbonyl (C=O) groups is 6. The Kier molecular flexibility index (Phi) is 10.9. The highest BCUT2D eigenvalue weighted by Gasteiger charge is 2.36. The first kappa shape index (κ1) is 28.0. The molecule has 1 aliphatic heterocycles. The van der Waals surface area contributed by atoms with Crippen LogP contribution in [0.4, 0.5) is 0 Å². The van der Waals surface area contributed by atoms with Crippen molar-refractivity contribution in [1.29, 1.82) is 0 Å². The molecule has 0 aliphatic carbocycles. The zero-order chi connectivity index (χ0) is 25.3. The summed E-state index contributed by atoms with van der Waals surface area (Å²) in [5, 5.41) is 11.9. The van der Waals surface area contributed by atoms with Crippen molar-refractivity contribution in [2.24, 2.45) is 17.4 Å². The van der Waals surface area contributed by atoms with Gasteiger partial charge in [-0.1, -0.05) is 13.8 Å². The topological polar surface area (TPSA) is 208 Å². The molecule has 13 nitrogen and oxygen atoms in total. The van der Waals surface area contributed by atoms with Gasteiger partial charge in [-0.05, 0) is 32.2 Å². The van der Waals surface area contributed by atoms with Gasteiger partial charge in [-0.2, -0.15) is 0 Å². The van der Waals surface area contributed by atoms with E-state index in [1.807, 2.05) is 13.8 Å². The van der Waals surface area contributed by atoms with Crippen LogP contribution in [0.3, 0.4) is 0 Å². The van der Waals surface area contributed by atoms with Gasteiger partial charge >= 0.3 is 23.9 Å². The molecule has 0 aromatic carbocycles. The van der Waals surface area contributed by atoms with Crippen molar-refractivity contribution in [3.05, 3.63) is 0 Å². The van der Waals surface area contributed by atoms with Gasteiger partial charge in [0.2, 0.25) is 17.9 Å². The van der Waals surface area contributed by atoms with Gasteiger partial charge in [-0.15, -0.1) is 0 Å². The molecule has 0 bridgehead atoms.